The van der Waals surface area contributed by atoms with Crippen LogP contribution in [0.1, 0.15) is 32.3 Å². The molecule has 0 bridgehead atoms. The lowest BCUT2D eigenvalue weighted by atomic mass is 10.1. The van der Waals surface area contributed by atoms with E-state index >= 15 is 0 Å². The summed E-state index contributed by atoms with van der Waals surface area (Å²) in [5, 5.41) is 2.90. The predicted octanol–water partition coefficient (Wildman–Crippen LogP) is 1.44. The topological polar surface area (TPSA) is 75.3 Å². The quantitative estimate of drug-likeness (QED) is 0.800. The van der Waals surface area contributed by atoms with Gasteiger partial charge in [0, 0.05) is 12.5 Å². The van der Waals surface area contributed by atoms with Crippen LogP contribution in [0.4, 0.5) is 0 Å². The highest BCUT2D eigenvalue weighted by atomic mass is 32.2. The van der Waals surface area contributed by atoms with Crippen molar-refractivity contribution in [1.29, 1.82) is 0 Å². The monoisotopic (exact) mass is 298 g/mol. The summed E-state index contributed by atoms with van der Waals surface area (Å²) in [7, 11) is -2.02. The van der Waals surface area contributed by atoms with Crippen LogP contribution < -0.4 is 10.0 Å². The van der Waals surface area contributed by atoms with E-state index in [1.165, 1.54) is 7.05 Å². The Morgan fingerprint density at radius 2 is 1.85 bits per heavy atom. The Kier molecular flexibility index (Phi) is 6.16. The first-order chi connectivity index (χ1) is 9.39. The molecule has 0 saturated heterocycles. The van der Waals surface area contributed by atoms with Gasteiger partial charge in [-0.2, -0.15) is 0 Å². The van der Waals surface area contributed by atoms with Crippen molar-refractivity contribution in [3.63, 3.8) is 0 Å². The maximum Gasteiger partial charge on any atom is 0.240 e. The summed E-state index contributed by atoms with van der Waals surface area (Å²) >= 11 is 0. The van der Waals surface area contributed by atoms with E-state index in [9.17, 15) is 13.2 Å². The third-order valence-corrected chi connectivity index (χ3v) is 4.59. The predicted molar refractivity (Wildman–Crippen MR) is 78.9 cm³/mol. The Labute approximate surface area is 120 Å². The van der Waals surface area contributed by atoms with Crippen LogP contribution in [0.3, 0.4) is 0 Å². The third-order valence-electron chi connectivity index (χ3n) is 3.16. The molecule has 0 aliphatic rings. The lowest BCUT2D eigenvalue weighted by Crippen LogP contribution is -2.32. The number of rotatable bonds is 7. The minimum Gasteiger partial charge on any atom is -0.354 e. The van der Waals surface area contributed by atoms with Crippen LogP contribution in [0.5, 0.6) is 0 Å². The van der Waals surface area contributed by atoms with E-state index in [4.69, 9.17) is 0 Å². The van der Waals surface area contributed by atoms with Crippen molar-refractivity contribution < 1.29 is 13.2 Å². The van der Waals surface area contributed by atoms with E-state index in [1.807, 2.05) is 13.8 Å². The second kappa shape index (κ2) is 7.40. The van der Waals surface area contributed by atoms with Crippen molar-refractivity contribution in [2.75, 3.05) is 7.05 Å². The first kappa shape index (κ1) is 16.7. The first-order valence-electron chi connectivity index (χ1n) is 6.71. The molecule has 1 aromatic rings. The maximum absolute atomic E-state index is 11.6. The Bertz CT molecular complexity index is 538. The van der Waals surface area contributed by atoms with Crippen LogP contribution >= 0.6 is 0 Å². The van der Waals surface area contributed by atoms with E-state index in [0.29, 0.717) is 12.8 Å². The van der Waals surface area contributed by atoms with Gasteiger partial charge >= 0.3 is 0 Å². The van der Waals surface area contributed by atoms with E-state index < -0.39 is 10.0 Å². The summed E-state index contributed by atoms with van der Waals surface area (Å²) in [5.74, 6) is 0.0197. The zero-order chi connectivity index (χ0) is 15.2. The van der Waals surface area contributed by atoms with Gasteiger partial charge in [0.15, 0.2) is 0 Å². The molecule has 1 amide bonds. The zero-order valence-corrected chi connectivity index (χ0v) is 13.0. The van der Waals surface area contributed by atoms with Gasteiger partial charge in [-0.05, 0) is 44.5 Å². The van der Waals surface area contributed by atoms with Crippen molar-refractivity contribution in [2.45, 2.75) is 44.0 Å². The number of hydrogen-bond acceptors (Lipinski definition) is 3. The van der Waals surface area contributed by atoms with Crippen molar-refractivity contribution in [2.24, 2.45) is 0 Å². The van der Waals surface area contributed by atoms with Gasteiger partial charge in [0.1, 0.15) is 0 Å². The smallest absolute Gasteiger partial charge is 0.240 e. The molecule has 112 valence electrons. The first-order valence-corrected chi connectivity index (χ1v) is 8.19. The molecule has 0 spiro atoms. The molecule has 0 aromatic heterocycles. The van der Waals surface area contributed by atoms with Crippen LogP contribution in [0.25, 0.3) is 0 Å². The summed E-state index contributed by atoms with van der Waals surface area (Å²) in [4.78, 5) is 11.9. The van der Waals surface area contributed by atoms with Crippen molar-refractivity contribution in [3.8, 4) is 0 Å². The Hall–Kier alpha value is -1.40. The molecular formula is C14H22N2O3S. The summed E-state index contributed by atoms with van der Waals surface area (Å²) in [6.45, 7) is 3.99. The number of sulfonamides is 1. The van der Waals surface area contributed by atoms with Crippen LogP contribution in [-0.2, 0) is 21.2 Å². The van der Waals surface area contributed by atoms with Gasteiger partial charge in [0.2, 0.25) is 15.9 Å². The SMILES string of the molecule is CC[C@@H](C)NC(=O)CCc1ccc(S(=O)(=O)NC)cc1. The number of carbonyl (C=O) groups is 1. The van der Waals surface area contributed by atoms with Gasteiger partial charge in [-0.1, -0.05) is 19.1 Å². The summed E-state index contributed by atoms with van der Waals surface area (Å²) < 4.78 is 25.4. The minimum atomic E-state index is -3.39. The molecule has 1 aromatic carbocycles. The molecule has 2 N–H and O–H groups in total. The number of carbonyl (C=O) groups excluding carboxylic acids is 1. The molecular weight excluding hydrogens is 276 g/mol. The van der Waals surface area contributed by atoms with Gasteiger partial charge in [-0.3, -0.25) is 4.79 Å². The van der Waals surface area contributed by atoms with Crippen LogP contribution in [0, 0.1) is 0 Å². The molecule has 1 atom stereocenters. The molecule has 0 fully saturated rings. The number of aryl methyl sites for hydroxylation is 1. The van der Waals surface area contributed by atoms with Gasteiger partial charge in [-0.15, -0.1) is 0 Å². The minimum absolute atomic E-state index is 0.0197. The fourth-order valence-electron chi connectivity index (χ4n) is 1.66. The Morgan fingerprint density at radius 1 is 1.25 bits per heavy atom. The standard InChI is InChI=1S/C14H22N2O3S/c1-4-11(2)16-14(17)10-7-12-5-8-13(9-6-12)20(18,19)15-3/h5-6,8-9,11,15H,4,7,10H2,1-3H3,(H,16,17)/t11-/m1/s1. The fourth-order valence-corrected chi connectivity index (χ4v) is 2.39. The molecule has 0 aliphatic heterocycles. The number of nitrogens with one attached hydrogen (secondary N) is 2. The van der Waals surface area contributed by atoms with Crippen molar-refractivity contribution in [3.05, 3.63) is 29.8 Å². The highest BCUT2D eigenvalue weighted by molar-refractivity contribution is 7.89. The molecule has 0 unspecified atom stereocenters. The highest BCUT2D eigenvalue weighted by Gasteiger charge is 2.11. The third kappa shape index (κ3) is 4.94. The normalized spacial score (nSPS) is 12.9. The zero-order valence-electron chi connectivity index (χ0n) is 12.1. The largest absolute Gasteiger partial charge is 0.354 e. The molecule has 6 heteroatoms. The molecule has 0 saturated carbocycles. The van der Waals surface area contributed by atoms with Crippen LogP contribution in [0.2, 0.25) is 0 Å². The maximum atomic E-state index is 11.6. The van der Waals surface area contributed by atoms with Crippen molar-refractivity contribution in [1.82, 2.24) is 10.0 Å². The lowest BCUT2D eigenvalue weighted by molar-refractivity contribution is -0.121. The van der Waals surface area contributed by atoms with Gasteiger partial charge < -0.3 is 5.32 Å². The highest BCUT2D eigenvalue weighted by Crippen LogP contribution is 2.11. The Morgan fingerprint density at radius 3 is 2.35 bits per heavy atom. The average molecular weight is 298 g/mol. The summed E-state index contributed by atoms with van der Waals surface area (Å²) in [6, 6.07) is 6.76. The summed E-state index contributed by atoms with van der Waals surface area (Å²) in [6.07, 6.45) is 1.91. The van der Waals surface area contributed by atoms with Crippen molar-refractivity contribution >= 4 is 15.9 Å². The van der Waals surface area contributed by atoms with Gasteiger partial charge in [-0.25, -0.2) is 13.1 Å². The fraction of sp³-hybridized carbons (Fsp3) is 0.500. The number of amides is 1. The average Bonchev–Trinajstić information content (AvgIpc) is 2.45. The molecule has 0 heterocycles. The van der Waals surface area contributed by atoms with E-state index in [0.717, 1.165) is 12.0 Å². The van der Waals surface area contributed by atoms with E-state index in [1.54, 1.807) is 24.3 Å². The van der Waals surface area contributed by atoms with Crippen LogP contribution in [-0.4, -0.2) is 27.4 Å². The number of benzene rings is 1. The second-order valence-electron chi connectivity index (χ2n) is 4.73. The van der Waals surface area contributed by atoms with Gasteiger partial charge in [0.25, 0.3) is 0 Å². The van der Waals surface area contributed by atoms with Crippen LogP contribution in [0.15, 0.2) is 29.2 Å². The van der Waals surface area contributed by atoms with E-state index in [2.05, 4.69) is 10.0 Å². The Balaban J connectivity index is 2.57. The summed E-state index contributed by atoms with van der Waals surface area (Å²) in [5.41, 5.74) is 0.944. The van der Waals surface area contributed by atoms with E-state index in [-0.39, 0.29) is 16.8 Å². The number of hydrogen-bond donors (Lipinski definition) is 2. The van der Waals surface area contributed by atoms with Gasteiger partial charge in [0.05, 0.1) is 4.90 Å². The molecule has 0 aliphatic carbocycles. The molecule has 20 heavy (non-hydrogen) atoms. The molecule has 5 nitrogen and oxygen atoms in total. The lowest BCUT2D eigenvalue weighted by Gasteiger charge is -2.11. The second-order valence-corrected chi connectivity index (χ2v) is 6.61. The molecule has 1 rings (SSSR count). The molecule has 0 radical (unpaired) electrons.